The van der Waals surface area contributed by atoms with Crippen LogP contribution in [-0.4, -0.2) is 41.4 Å². The summed E-state index contributed by atoms with van der Waals surface area (Å²) in [7, 11) is 1.26. The number of non-ortho nitro benzene ring substituents is 1. The smallest absolute Gasteiger partial charge is 0.325 e. The Morgan fingerprint density at radius 3 is 2.36 bits per heavy atom. The van der Waals surface area contributed by atoms with Crippen molar-refractivity contribution in [1.82, 2.24) is 4.90 Å². The molecule has 0 N–H and O–H groups in total. The van der Waals surface area contributed by atoms with Gasteiger partial charge in [-0.05, 0) is 37.6 Å². The fourth-order valence-electron chi connectivity index (χ4n) is 1.69. The number of ether oxygens (including phenoxy) is 1. The molecule has 0 radical (unpaired) electrons. The van der Waals surface area contributed by atoms with Crippen LogP contribution in [0.25, 0.3) is 6.08 Å². The highest BCUT2D eigenvalue weighted by Gasteiger charge is 2.18. The first-order valence-corrected chi connectivity index (χ1v) is 6.65. The topological polar surface area (TPSA) is 89.8 Å². The molecule has 0 saturated heterocycles. The average molecular weight is 306 g/mol. The monoisotopic (exact) mass is 306 g/mol. The van der Waals surface area contributed by atoms with E-state index in [1.54, 1.807) is 32.1 Å². The molecule has 1 aromatic carbocycles. The van der Waals surface area contributed by atoms with Crippen LogP contribution >= 0.6 is 0 Å². The van der Waals surface area contributed by atoms with Gasteiger partial charge in [-0.25, -0.2) is 0 Å². The molecule has 0 fully saturated rings. The number of amides is 1. The number of nitro benzene ring substituents is 1. The molecule has 1 rings (SSSR count). The normalized spacial score (nSPS) is 10.7. The maximum Gasteiger partial charge on any atom is 0.325 e. The first-order valence-electron chi connectivity index (χ1n) is 6.65. The highest BCUT2D eigenvalue weighted by atomic mass is 16.6. The summed E-state index contributed by atoms with van der Waals surface area (Å²) < 4.78 is 4.56. The Hall–Kier alpha value is -2.70. The number of carbonyl (C=O) groups excluding carboxylic acids is 2. The Morgan fingerprint density at radius 1 is 1.32 bits per heavy atom. The molecule has 0 heterocycles. The van der Waals surface area contributed by atoms with Crippen LogP contribution in [0.15, 0.2) is 30.3 Å². The number of rotatable bonds is 6. The maximum atomic E-state index is 12.1. The van der Waals surface area contributed by atoms with E-state index in [-0.39, 0.29) is 24.2 Å². The van der Waals surface area contributed by atoms with Gasteiger partial charge in [0.05, 0.1) is 12.0 Å². The number of methoxy groups -OCH3 is 1. The van der Waals surface area contributed by atoms with E-state index >= 15 is 0 Å². The molecular formula is C15H18N2O5. The highest BCUT2D eigenvalue weighted by Crippen LogP contribution is 2.13. The summed E-state index contributed by atoms with van der Waals surface area (Å²) in [6.07, 6.45) is 2.86. The SMILES string of the molecule is COC(=O)CN(C(=O)/C=C/c1ccc([N+](=O)[O-])cc1)C(C)C. The van der Waals surface area contributed by atoms with Crippen LogP contribution in [0, 0.1) is 10.1 Å². The predicted octanol–water partition coefficient (Wildman–Crippen LogP) is 2.02. The van der Waals surface area contributed by atoms with E-state index in [1.165, 1.54) is 30.2 Å². The lowest BCUT2D eigenvalue weighted by Gasteiger charge is -2.23. The van der Waals surface area contributed by atoms with Crippen molar-refractivity contribution in [2.75, 3.05) is 13.7 Å². The molecule has 7 heteroatoms. The van der Waals surface area contributed by atoms with Gasteiger partial charge in [-0.3, -0.25) is 19.7 Å². The van der Waals surface area contributed by atoms with Gasteiger partial charge in [0, 0.05) is 24.3 Å². The van der Waals surface area contributed by atoms with Crippen LogP contribution in [0.2, 0.25) is 0 Å². The van der Waals surface area contributed by atoms with Gasteiger partial charge in [-0.1, -0.05) is 0 Å². The number of carbonyl (C=O) groups is 2. The largest absolute Gasteiger partial charge is 0.468 e. The molecule has 0 aliphatic carbocycles. The minimum atomic E-state index is -0.495. The molecule has 0 saturated carbocycles. The van der Waals surface area contributed by atoms with Crippen LogP contribution < -0.4 is 0 Å². The van der Waals surface area contributed by atoms with Crippen molar-refractivity contribution in [2.45, 2.75) is 19.9 Å². The van der Waals surface area contributed by atoms with E-state index in [1.807, 2.05) is 0 Å². The lowest BCUT2D eigenvalue weighted by atomic mass is 10.2. The van der Waals surface area contributed by atoms with Gasteiger partial charge in [0.25, 0.3) is 5.69 Å². The van der Waals surface area contributed by atoms with E-state index in [4.69, 9.17) is 0 Å². The van der Waals surface area contributed by atoms with Crippen molar-refractivity contribution >= 4 is 23.6 Å². The second-order valence-corrected chi connectivity index (χ2v) is 4.82. The molecule has 0 aliphatic rings. The van der Waals surface area contributed by atoms with Gasteiger partial charge in [0.2, 0.25) is 5.91 Å². The lowest BCUT2D eigenvalue weighted by Crippen LogP contribution is -2.40. The summed E-state index contributed by atoms with van der Waals surface area (Å²) in [4.78, 5) is 34.8. The molecule has 0 aromatic heterocycles. The lowest BCUT2D eigenvalue weighted by molar-refractivity contribution is -0.384. The van der Waals surface area contributed by atoms with Crippen molar-refractivity contribution in [3.8, 4) is 0 Å². The van der Waals surface area contributed by atoms with Crippen LogP contribution in [0.5, 0.6) is 0 Å². The molecule has 7 nitrogen and oxygen atoms in total. The number of esters is 1. The van der Waals surface area contributed by atoms with Gasteiger partial charge in [-0.2, -0.15) is 0 Å². The molecule has 118 valence electrons. The summed E-state index contributed by atoms with van der Waals surface area (Å²) in [5, 5.41) is 10.6. The van der Waals surface area contributed by atoms with Crippen molar-refractivity contribution in [2.24, 2.45) is 0 Å². The van der Waals surface area contributed by atoms with Gasteiger partial charge in [-0.15, -0.1) is 0 Å². The highest BCUT2D eigenvalue weighted by molar-refractivity contribution is 5.93. The fourth-order valence-corrected chi connectivity index (χ4v) is 1.69. The standard InChI is InChI=1S/C15H18N2O5/c1-11(2)16(10-15(19)22-3)14(18)9-6-12-4-7-13(8-5-12)17(20)21/h4-9,11H,10H2,1-3H3/b9-6+. The van der Waals surface area contributed by atoms with Crippen LogP contribution in [0.4, 0.5) is 5.69 Å². The Balaban J connectivity index is 2.79. The molecule has 1 aromatic rings. The first-order chi connectivity index (χ1) is 10.3. The minimum absolute atomic E-state index is 0.0158. The number of hydrogen-bond acceptors (Lipinski definition) is 5. The summed E-state index contributed by atoms with van der Waals surface area (Å²) in [6.45, 7) is 3.46. The molecular weight excluding hydrogens is 288 g/mol. The molecule has 0 atom stereocenters. The average Bonchev–Trinajstić information content (AvgIpc) is 2.49. The zero-order valence-corrected chi connectivity index (χ0v) is 12.7. The molecule has 0 spiro atoms. The number of nitro groups is 1. The third-order valence-electron chi connectivity index (χ3n) is 2.96. The van der Waals surface area contributed by atoms with E-state index < -0.39 is 10.9 Å². The molecule has 1 amide bonds. The molecule has 22 heavy (non-hydrogen) atoms. The second-order valence-electron chi connectivity index (χ2n) is 4.82. The Kier molecular flexibility index (Phi) is 6.25. The Labute approximate surface area is 128 Å². The minimum Gasteiger partial charge on any atom is -0.468 e. The number of benzene rings is 1. The van der Waals surface area contributed by atoms with E-state index in [2.05, 4.69) is 4.74 Å². The summed E-state index contributed by atoms with van der Waals surface area (Å²) in [5.74, 6) is -0.829. The quantitative estimate of drug-likeness (QED) is 0.347. The summed E-state index contributed by atoms with van der Waals surface area (Å²) >= 11 is 0. The predicted molar refractivity (Wildman–Crippen MR) is 81.0 cm³/mol. The third kappa shape index (κ3) is 5.01. The summed E-state index contributed by atoms with van der Waals surface area (Å²) in [6, 6.07) is 5.65. The second kappa shape index (κ2) is 7.92. The van der Waals surface area contributed by atoms with Crippen molar-refractivity contribution in [3.05, 3.63) is 46.0 Å². The van der Waals surface area contributed by atoms with Gasteiger partial charge < -0.3 is 9.64 Å². The van der Waals surface area contributed by atoms with Crippen molar-refractivity contribution in [1.29, 1.82) is 0 Å². The van der Waals surface area contributed by atoms with E-state index in [0.29, 0.717) is 5.56 Å². The maximum absolute atomic E-state index is 12.1. The zero-order chi connectivity index (χ0) is 16.7. The van der Waals surface area contributed by atoms with Crippen molar-refractivity contribution in [3.63, 3.8) is 0 Å². The van der Waals surface area contributed by atoms with Gasteiger partial charge in [0.1, 0.15) is 6.54 Å². The van der Waals surface area contributed by atoms with Crippen molar-refractivity contribution < 1.29 is 19.2 Å². The summed E-state index contributed by atoms with van der Waals surface area (Å²) in [5.41, 5.74) is 0.638. The zero-order valence-electron chi connectivity index (χ0n) is 12.7. The molecule has 0 unspecified atom stereocenters. The fraction of sp³-hybridized carbons (Fsp3) is 0.333. The van der Waals surface area contributed by atoms with Crippen LogP contribution in [-0.2, 0) is 14.3 Å². The van der Waals surface area contributed by atoms with Gasteiger partial charge in [0.15, 0.2) is 0 Å². The van der Waals surface area contributed by atoms with E-state index in [9.17, 15) is 19.7 Å². The van der Waals surface area contributed by atoms with Gasteiger partial charge >= 0.3 is 5.97 Å². The number of hydrogen-bond donors (Lipinski definition) is 0. The van der Waals surface area contributed by atoms with Crippen LogP contribution in [0.1, 0.15) is 19.4 Å². The third-order valence-corrected chi connectivity index (χ3v) is 2.96. The Bertz CT molecular complexity index is 578. The molecule has 0 bridgehead atoms. The molecule has 0 aliphatic heterocycles. The Morgan fingerprint density at radius 2 is 1.91 bits per heavy atom. The first kappa shape index (κ1) is 17.4. The van der Waals surface area contributed by atoms with E-state index in [0.717, 1.165) is 0 Å². The van der Waals surface area contributed by atoms with Crippen LogP contribution in [0.3, 0.4) is 0 Å². The number of nitrogens with zero attached hydrogens (tertiary/aromatic N) is 2.